The van der Waals surface area contributed by atoms with Crippen molar-refractivity contribution in [1.82, 2.24) is 19.5 Å². The van der Waals surface area contributed by atoms with Gasteiger partial charge in [-0.25, -0.2) is 15.0 Å². The number of aryl methyl sites for hydroxylation is 2. The second-order valence-electron chi connectivity index (χ2n) is 9.22. The van der Waals surface area contributed by atoms with Gasteiger partial charge in [0.2, 0.25) is 0 Å². The Morgan fingerprint density at radius 3 is 2.20 bits per heavy atom. The zero-order chi connectivity index (χ0) is 29.4. The van der Waals surface area contributed by atoms with Crippen molar-refractivity contribution in [3.05, 3.63) is 82.8 Å². The summed E-state index contributed by atoms with van der Waals surface area (Å²) in [5, 5.41) is 3.72. The van der Waals surface area contributed by atoms with Gasteiger partial charge >= 0.3 is 0 Å². The number of aromatic nitrogens is 4. The van der Waals surface area contributed by atoms with Crippen LogP contribution in [0.25, 0.3) is 21.6 Å². The Kier molecular flexibility index (Phi) is 7.65. The van der Waals surface area contributed by atoms with Gasteiger partial charge in [-0.05, 0) is 43.6 Å². The van der Waals surface area contributed by atoms with Crippen LogP contribution >= 0.6 is 0 Å². The van der Waals surface area contributed by atoms with Crippen molar-refractivity contribution in [3.63, 3.8) is 0 Å². The van der Waals surface area contributed by atoms with E-state index in [1.807, 2.05) is 0 Å². The molecule has 1 aliphatic heterocycles. The molecule has 1 fully saturated rings. The fraction of sp³-hybridized carbons (Fsp3) is 0.292. The molecule has 1 aliphatic rings. The van der Waals surface area contributed by atoms with Crippen LogP contribution in [0.3, 0.4) is 0 Å². The molecule has 0 amide bonds. The van der Waals surface area contributed by atoms with Crippen molar-refractivity contribution >= 4 is 37.2 Å². The maximum atomic E-state index is 13.3. The second kappa shape index (κ2) is 11.0. The van der Waals surface area contributed by atoms with Gasteiger partial charge in [-0.15, -0.1) is 0 Å². The normalized spacial score (nSPS) is 21.1. The molecule has 0 aliphatic carbocycles. The van der Waals surface area contributed by atoms with Crippen LogP contribution in [0.1, 0.15) is 17.4 Å². The summed E-state index contributed by atoms with van der Waals surface area (Å²) < 4.78 is 70.6. The zero-order valence-corrected chi connectivity index (χ0v) is 23.3. The number of nitrogens with two attached hydrogens (primary N) is 1. The van der Waals surface area contributed by atoms with Crippen molar-refractivity contribution in [2.24, 2.45) is 5.11 Å². The molecule has 4 atom stereocenters. The third-order valence-corrected chi connectivity index (χ3v) is 9.02. The van der Waals surface area contributed by atoms with Crippen LogP contribution in [-0.2, 0) is 33.3 Å². The van der Waals surface area contributed by atoms with E-state index < -0.39 is 51.3 Å². The van der Waals surface area contributed by atoms with E-state index in [1.165, 1.54) is 41.5 Å². The maximum absolute atomic E-state index is 13.3. The number of nitrogen functional groups attached to an aromatic ring is 1. The zero-order valence-electron chi connectivity index (χ0n) is 21.7. The van der Waals surface area contributed by atoms with Crippen molar-refractivity contribution < 1.29 is 29.9 Å². The third-order valence-electron chi connectivity index (χ3n) is 6.40. The average molecular weight is 601 g/mol. The number of fused-ring (bicyclic) bond motifs is 1. The predicted molar refractivity (Wildman–Crippen MR) is 144 cm³/mol. The smallest absolute Gasteiger partial charge is 0.297 e. The van der Waals surface area contributed by atoms with Gasteiger partial charge in [-0.1, -0.05) is 40.5 Å². The Morgan fingerprint density at radius 1 is 0.976 bits per heavy atom. The summed E-state index contributed by atoms with van der Waals surface area (Å²) in [6.45, 7) is 2.98. The maximum Gasteiger partial charge on any atom is 0.297 e. The van der Waals surface area contributed by atoms with Crippen LogP contribution in [0.5, 0.6) is 0 Å². The standard InChI is InChI=1S/C24H24N8O7S2/c1-14-3-7-16(8-4-14)40(33,34)37-11-18-19(30-31-26)21(39-41(35,36)17-9-5-15(2)6-10-17)24(38-18)32-13-29-20-22(25)27-12-28-23(20)32/h3-10,12-13,18-19,21,24H,11H2,1-2H3,(H2,25,27,28). The number of nitrogens with zero attached hydrogens (tertiary/aromatic N) is 7. The predicted octanol–water partition coefficient (Wildman–Crippen LogP) is 2.78. The minimum atomic E-state index is -4.42. The Labute approximate surface area is 234 Å². The summed E-state index contributed by atoms with van der Waals surface area (Å²) in [6.07, 6.45) is -1.58. The number of imidazole rings is 1. The quantitative estimate of drug-likeness (QED) is 0.127. The highest BCUT2D eigenvalue weighted by Crippen LogP contribution is 2.38. The first-order chi connectivity index (χ1) is 19.5. The molecule has 0 bridgehead atoms. The fourth-order valence-electron chi connectivity index (χ4n) is 4.28. The van der Waals surface area contributed by atoms with E-state index in [1.54, 1.807) is 38.1 Å². The molecule has 0 saturated carbocycles. The Morgan fingerprint density at radius 2 is 1.59 bits per heavy atom. The molecule has 4 aromatic rings. The summed E-state index contributed by atoms with van der Waals surface area (Å²) in [7, 11) is -8.67. The summed E-state index contributed by atoms with van der Waals surface area (Å²) in [6, 6.07) is 10.6. The molecule has 17 heteroatoms. The van der Waals surface area contributed by atoms with Gasteiger partial charge in [0.25, 0.3) is 20.2 Å². The number of hydrogen-bond donors (Lipinski definition) is 1. The lowest BCUT2D eigenvalue weighted by Crippen LogP contribution is -2.36. The number of benzene rings is 2. The lowest BCUT2D eigenvalue weighted by molar-refractivity contribution is -0.0392. The summed E-state index contributed by atoms with van der Waals surface area (Å²) in [5.74, 6) is 0.0622. The van der Waals surface area contributed by atoms with E-state index >= 15 is 0 Å². The van der Waals surface area contributed by atoms with Gasteiger partial charge < -0.3 is 10.5 Å². The molecule has 0 radical (unpaired) electrons. The van der Waals surface area contributed by atoms with Crippen molar-refractivity contribution in [3.8, 4) is 0 Å². The first kappa shape index (κ1) is 28.4. The van der Waals surface area contributed by atoms with Gasteiger partial charge in [0.15, 0.2) is 17.7 Å². The van der Waals surface area contributed by atoms with Gasteiger partial charge in [0.05, 0.1) is 34.9 Å². The molecular weight excluding hydrogens is 576 g/mol. The highest BCUT2D eigenvalue weighted by atomic mass is 32.2. The van der Waals surface area contributed by atoms with E-state index in [9.17, 15) is 22.4 Å². The van der Waals surface area contributed by atoms with Crippen LogP contribution in [0.4, 0.5) is 5.82 Å². The van der Waals surface area contributed by atoms with Gasteiger partial charge in [-0.3, -0.25) is 12.9 Å². The lowest BCUT2D eigenvalue weighted by atomic mass is 10.1. The third kappa shape index (κ3) is 5.72. The van der Waals surface area contributed by atoms with Crippen LogP contribution < -0.4 is 5.73 Å². The Bertz CT molecular complexity index is 1840. The first-order valence-corrected chi connectivity index (χ1v) is 14.9. The Balaban J connectivity index is 1.52. The molecule has 3 heterocycles. The molecule has 0 spiro atoms. The molecule has 2 aromatic heterocycles. The molecule has 1 saturated heterocycles. The number of hydrogen-bond acceptors (Lipinski definition) is 12. The highest BCUT2D eigenvalue weighted by Gasteiger charge is 2.49. The molecule has 15 nitrogen and oxygen atoms in total. The highest BCUT2D eigenvalue weighted by molar-refractivity contribution is 7.87. The number of azide groups is 1. The van der Waals surface area contributed by atoms with Crippen LogP contribution in [0, 0.1) is 13.8 Å². The minimum absolute atomic E-state index is 0.0622. The second-order valence-corrected chi connectivity index (χ2v) is 12.4. The SMILES string of the molecule is Cc1ccc(S(=O)(=O)OCC2OC(n3cnc4c(N)ncnc43)C(OS(=O)(=O)c3ccc(C)cc3)C2N=[N+]=[N-])cc1. The van der Waals surface area contributed by atoms with Crippen molar-refractivity contribution in [2.45, 2.75) is 48.1 Å². The molecule has 41 heavy (non-hydrogen) atoms. The van der Waals surface area contributed by atoms with E-state index in [4.69, 9.17) is 18.8 Å². The van der Waals surface area contributed by atoms with E-state index in [-0.39, 0.29) is 26.8 Å². The number of ether oxygens (including phenoxy) is 1. The largest absolute Gasteiger partial charge is 0.382 e. The topological polar surface area (TPSA) is 214 Å². The minimum Gasteiger partial charge on any atom is -0.382 e. The van der Waals surface area contributed by atoms with E-state index in [0.717, 1.165) is 11.1 Å². The van der Waals surface area contributed by atoms with E-state index in [2.05, 4.69) is 25.0 Å². The van der Waals surface area contributed by atoms with Crippen LogP contribution in [0.2, 0.25) is 0 Å². The summed E-state index contributed by atoms with van der Waals surface area (Å²) >= 11 is 0. The van der Waals surface area contributed by atoms with Crippen LogP contribution in [0.15, 0.2) is 76.1 Å². The van der Waals surface area contributed by atoms with E-state index in [0.29, 0.717) is 0 Å². The fourth-order valence-corrected chi connectivity index (χ4v) is 6.28. The molecule has 2 N–H and O–H groups in total. The lowest BCUT2D eigenvalue weighted by Gasteiger charge is -2.22. The first-order valence-electron chi connectivity index (χ1n) is 12.1. The molecular formula is C24H24N8O7S2. The molecule has 5 rings (SSSR count). The number of anilines is 1. The van der Waals surface area contributed by atoms with Crippen molar-refractivity contribution in [2.75, 3.05) is 12.3 Å². The molecule has 214 valence electrons. The summed E-state index contributed by atoms with van der Waals surface area (Å²) in [4.78, 5) is 14.8. The Hall–Kier alpha value is -4.12. The number of rotatable bonds is 9. The van der Waals surface area contributed by atoms with Crippen LogP contribution in [-0.4, -0.2) is 61.2 Å². The summed E-state index contributed by atoms with van der Waals surface area (Å²) in [5.41, 5.74) is 17.3. The van der Waals surface area contributed by atoms with Gasteiger partial charge in [-0.2, -0.15) is 16.8 Å². The van der Waals surface area contributed by atoms with Crippen molar-refractivity contribution in [1.29, 1.82) is 0 Å². The average Bonchev–Trinajstić information content (AvgIpc) is 3.50. The van der Waals surface area contributed by atoms with Gasteiger partial charge in [0.1, 0.15) is 17.9 Å². The molecule has 2 aromatic carbocycles. The molecule has 4 unspecified atom stereocenters. The van der Waals surface area contributed by atoms with Gasteiger partial charge in [0, 0.05) is 4.91 Å². The monoisotopic (exact) mass is 600 g/mol.